The standard InChI is InChI=1S/C14H17BrN2OS/c1-4-17-11(14(15)10(2)16-17)9-18-12-7-5-6-8-13(12)19-3/h5-8H,4,9H2,1-3H3. The molecule has 2 aromatic rings. The van der Waals surface area contributed by atoms with Crippen molar-refractivity contribution in [2.75, 3.05) is 6.26 Å². The van der Waals surface area contributed by atoms with Crippen LogP contribution in [0.3, 0.4) is 0 Å². The van der Waals surface area contributed by atoms with Gasteiger partial charge in [0, 0.05) is 11.4 Å². The van der Waals surface area contributed by atoms with Crippen LogP contribution in [0.15, 0.2) is 33.6 Å². The van der Waals surface area contributed by atoms with E-state index in [-0.39, 0.29) is 0 Å². The SMILES string of the molecule is CCn1nc(C)c(Br)c1COc1ccccc1SC. The summed E-state index contributed by atoms with van der Waals surface area (Å²) >= 11 is 5.27. The highest BCUT2D eigenvalue weighted by atomic mass is 79.9. The predicted molar refractivity (Wildman–Crippen MR) is 82.9 cm³/mol. The smallest absolute Gasteiger partial charge is 0.133 e. The minimum Gasteiger partial charge on any atom is -0.486 e. The van der Waals surface area contributed by atoms with Gasteiger partial charge in [-0.2, -0.15) is 5.10 Å². The van der Waals surface area contributed by atoms with Crippen molar-refractivity contribution in [1.29, 1.82) is 0 Å². The number of thioether (sulfide) groups is 1. The van der Waals surface area contributed by atoms with Gasteiger partial charge in [-0.25, -0.2) is 0 Å². The topological polar surface area (TPSA) is 27.1 Å². The maximum atomic E-state index is 5.94. The molecule has 102 valence electrons. The molecule has 2 rings (SSSR count). The third kappa shape index (κ3) is 3.15. The Labute approximate surface area is 126 Å². The van der Waals surface area contributed by atoms with Gasteiger partial charge >= 0.3 is 0 Å². The normalized spacial score (nSPS) is 10.7. The minimum atomic E-state index is 0.521. The highest BCUT2D eigenvalue weighted by Crippen LogP contribution is 2.29. The van der Waals surface area contributed by atoms with Crippen molar-refractivity contribution in [2.24, 2.45) is 0 Å². The summed E-state index contributed by atoms with van der Waals surface area (Å²) in [4.78, 5) is 1.15. The molecule has 0 bridgehead atoms. The molecule has 0 aliphatic carbocycles. The van der Waals surface area contributed by atoms with E-state index in [4.69, 9.17) is 4.74 Å². The van der Waals surface area contributed by atoms with E-state index in [0.717, 1.165) is 33.1 Å². The summed E-state index contributed by atoms with van der Waals surface area (Å²) < 4.78 is 8.95. The Kier molecular flexibility index (Phi) is 4.93. The van der Waals surface area contributed by atoms with Gasteiger partial charge < -0.3 is 4.74 Å². The number of nitrogens with zero attached hydrogens (tertiary/aromatic N) is 2. The predicted octanol–water partition coefficient (Wildman–Crippen LogP) is 4.27. The van der Waals surface area contributed by atoms with Gasteiger partial charge in [0.05, 0.1) is 15.9 Å². The van der Waals surface area contributed by atoms with Crippen LogP contribution in [0.2, 0.25) is 0 Å². The van der Waals surface area contributed by atoms with Gasteiger partial charge in [0.1, 0.15) is 12.4 Å². The van der Waals surface area contributed by atoms with E-state index in [2.05, 4.69) is 40.3 Å². The van der Waals surface area contributed by atoms with Crippen LogP contribution in [0.4, 0.5) is 0 Å². The third-order valence-electron chi connectivity index (χ3n) is 2.89. The fourth-order valence-electron chi connectivity index (χ4n) is 1.89. The maximum absolute atomic E-state index is 5.94. The number of hydrogen-bond donors (Lipinski definition) is 0. The molecule has 0 spiro atoms. The number of halogens is 1. The van der Waals surface area contributed by atoms with Crippen molar-refractivity contribution >= 4 is 27.7 Å². The zero-order chi connectivity index (χ0) is 13.8. The van der Waals surface area contributed by atoms with Crippen molar-refractivity contribution in [2.45, 2.75) is 31.9 Å². The van der Waals surface area contributed by atoms with Gasteiger partial charge in [-0.3, -0.25) is 4.68 Å². The molecule has 0 amide bonds. The Balaban J connectivity index is 2.19. The van der Waals surface area contributed by atoms with Gasteiger partial charge in [0.25, 0.3) is 0 Å². The lowest BCUT2D eigenvalue weighted by Crippen LogP contribution is -2.07. The number of aromatic nitrogens is 2. The largest absolute Gasteiger partial charge is 0.486 e. The van der Waals surface area contributed by atoms with E-state index in [9.17, 15) is 0 Å². The molecular formula is C14H17BrN2OS. The highest BCUT2D eigenvalue weighted by Gasteiger charge is 2.13. The molecule has 1 heterocycles. The lowest BCUT2D eigenvalue weighted by Gasteiger charge is -2.11. The summed E-state index contributed by atoms with van der Waals surface area (Å²) in [5.74, 6) is 0.920. The average molecular weight is 341 g/mol. The van der Waals surface area contributed by atoms with E-state index in [1.54, 1.807) is 11.8 Å². The summed E-state index contributed by atoms with van der Waals surface area (Å²) in [5.41, 5.74) is 2.08. The molecule has 0 fully saturated rings. The number of rotatable bonds is 5. The first-order chi connectivity index (χ1) is 9.17. The lowest BCUT2D eigenvalue weighted by molar-refractivity contribution is 0.285. The Morgan fingerprint density at radius 1 is 1.37 bits per heavy atom. The summed E-state index contributed by atoms with van der Waals surface area (Å²) in [6.07, 6.45) is 2.05. The molecular weight excluding hydrogens is 324 g/mol. The number of benzene rings is 1. The van der Waals surface area contributed by atoms with E-state index >= 15 is 0 Å². The first-order valence-corrected chi connectivity index (χ1v) is 8.16. The van der Waals surface area contributed by atoms with Crippen LogP contribution >= 0.6 is 27.7 Å². The molecule has 3 nitrogen and oxygen atoms in total. The molecule has 1 aromatic carbocycles. The zero-order valence-electron chi connectivity index (χ0n) is 11.3. The molecule has 0 saturated heterocycles. The van der Waals surface area contributed by atoms with E-state index in [0.29, 0.717) is 6.61 Å². The first kappa shape index (κ1) is 14.5. The monoisotopic (exact) mass is 340 g/mol. The van der Waals surface area contributed by atoms with Crippen molar-refractivity contribution in [1.82, 2.24) is 9.78 Å². The minimum absolute atomic E-state index is 0.521. The van der Waals surface area contributed by atoms with Crippen molar-refractivity contribution < 1.29 is 4.74 Å². The number of ether oxygens (including phenoxy) is 1. The first-order valence-electron chi connectivity index (χ1n) is 6.15. The average Bonchev–Trinajstić information content (AvgIpc) is 2.72. The summed E-state index contributed by atoms with van der Waals surface area (Å²) in [5, 5.41) is 4.47. The van der Waals surface area contributed by atoms with E-state index < -0.39 is 0 Å². The van der Waals surface area contributed by atoms with Gasteiger partial charge in [-0.15, -0.1) is 11.8 Å². The molecule has 0 atom stereocenters. The molecule has 1 aromatic heterocycles. The second-order valence-corrected chi connectivity index (χ2v) is 5.74. The molecule has 0 unspecified atom stereocenters. The van der Waals surface area contributed by atoms with Crippen LogP contribution in [0.25, 0.3) is 0 Å². The molecule has 5 heteroatoms. The van der Waals surface area contributed by atoms with E-state index in [1.807, 2.05) is 29.8 Å². The van der Waals surface area contributed by atoms with E-state index in [1.165, 1.54) is 0 Å². The third-order valence-corrected chi connectivity index (χ3v) is 4.69. The fraction of sp³-hybridized carbons (Fsp3) is 0.357. The van der Waals surface area contributed by atoms with Crippen LogP contribution in [0, 0.1) is 6.92 Å². The van der Waals surface area contributed by atoms with Crippen LogP contribution in [-0.4, -0.2) is 16.0 Å². The lowest BCUT2D eigenvalue weighted by atomic mass is 10.3. The summed E-state index contributed by atoms with van der Waals surface area (Å²) in [6, 6.07) is 8.08. The second-order valence-electron chi connectivity index (χ2n) is 4.10. The van der Waals surface area contributed by atoms with Crippen molar-refractivity contribution in [3.8, 4) is 5.75 Å². The molecule has 0 radical (unpaired) electrons. The maximum Gasteiger partial charge on any atom is 0.133 e. The van der Waals surface area contributed by atoms with Crippen LogP contribution < -0.4 is 4.74 Å². The van der Waals surface area contributed by atoms with Crippen LogP contribution in [0.5, 0.6) is 5.75 Å². The van der Waals surface area contributed by atoms with Crippen molar-refractivity contribution in [3.05, 3.63) is 40.1 Å². The Bertz CT molecular complexity index is 569. The molecule has 0 N–H and O–H groups in total. The quantitative estimate of drug-likeness (QED) is 0.760. The Hall–Kier alpha value is -0.940. The summed E-state index contributed by atoms with van der Waals surface area (Å²) in [7, 11) is 0. The van der Waals surface area contributed by atoms with Gasteiger partial charge in [-0.1, -0.05) is 12.1 Å². The Morgan fingerprint density at radius 2 is 2.11 bits per heavy atom. The molecule has 0 saturated carbocycles. The fourth-order valence-corrected chi connectivity index (χ4v) is 2.83. The second kappa shape index (κ2) is 6.48. The number of para-hydroxylation sites is 1. The van der Waals surface area contributed by atoms with Gasteiger partial charge in [0.15, 0.2) is 0 Å². The van der Waals surface area contributed by atoms with Crippen molar-refractivity contribution in [3.63, 3.8) is 0 Å². The van der Waals surface area contributed by atoms with Gasteiger partial charge in [0.2, 0.25) is 0 Å². The Morgan fingerprint density at radius 3 is 2.79 bits per heavy atom. The van der Waals surface area contributed by atoms with Crippen LogP contribution in [0.1, 0.15) is 18.3 Å². The number of hydrogen-bond acceptors (Lipinski definition) is 3. The number of aryl methyl sites for hydroxylation is 2. The highest BCUT2D eigenvalue weighted by molar-refractivity contribution is 9.10. The molecule has 0 aliphatic rings. The molecule has 19 heavy (non-hydrogen) atoms. The van der Waals surface area contributed by atoms with Gasteiger partial charge in [-0.05, 0) is 48.2 Å². The summed E-state index contributed by atoms with van der Waals surface area (Å²) in [6.45, 7) is 5.44. The van der Waals surface area contributed by atoms with Crippen LogP contribution in [-0.2, 0) is 13.2 Å². The zero-order valence-corrected chi connectivity index (χ0v) is 13.7. The molecule has 0 aliphatic heterocycles.